The summed E-state index contributed by atoms with van der Waals surface area (Å²) in [7, 11) is 4.70. The summed E-state index contributed by atoms with van der Waals surface area (Å²) >= 11 is 5.84. The van der Waals surface area contributed by atoms with E-state index in [0.717, 1.165) is 11.1 Å². The van der Waals surface area contributed by atoms with Crippen LogP contribution in [-0.4, -0.2) is 27.2 Å². The third-order valence-electron chi connectivity index (χ3n) is 3.56. The van der Waals surface area contributed by atoms with Crippen molar-refractivity contribution in [2.45, 2.75) is 13.0 Å². The summed E-state index contributed by atoms with van der Waals surface area (Å²) < 4.78 is 15.9. The van der Waals surface area contributed by atoms with Crippen LogP contribution in [0.3, 0.4) is 0 Å². The van der Waals surface area contributed by atoms with Crippen molar-refractivity contribution >= 4 is 17.5 Å². The molecule has 0 saturated carbocycles. The van der Waals surface area contributed by atoms with E-state index in [-0.39, 0.29) is 12.3 Å². The smallest absolute Gasteiger partial charge is 0.224 e. The third kappa shape index (κ3) is 4.55. The Balaban J connectivity index is 2.07. The fourth-order valence-electron chi connectivity index (χ4n) is 2.29. The van der Waals surface area contributed by atoms with E-state index in [9.17, 15) is 4.79 Å². The molecule has 0 saturated heterocycles. The molecule has 0 aliphatic carbocycles. The van der Waals surface area contributed by atoms with E-state index in [4.69, 9.17) is 25.8 Å². The molecule has 0 radical (unpaired) electrons. The molecule has 2 aromatic carbocycles. The molecular formula is C18H20ClNO4. The minimum atomic E-state index is -0.0998. The average Bonchev–Trinajstić information content (AvgIpc) is 2.61. The minimum absolute atomic E-state index is 0.0998. The zero-order valence-corrected chi connectivity index (χ0v) is 14.6. The second-order valence-corrected chi connectivity index (χ2v) is 5.53. The molecule has 0 heterocycles. The highest BCUT2D eigenvalue weighted by molar-refractivity contribution is 6.30. The van der Waals surface area contributed by atoms with Crippen molar-refractivity contribution < 1.29 is 19.0 Å². The van der Waals surface area contributed by atoms with Crippen molar-refractivity contribution in [2.75, 3.05) is 21.3 Å². The number of ether oxygens (including phenoxy) is 3. The van der Waals surface area contributed by atoms with Crippen molar-refractivity contribution in [3.05, 3.63) is 52.5 Å². The lowest BCUT2D eigenvalue weighted by molar-refractivity contribution is -0.120. The van der Waals surface area contributed by atoms with E-state index in [2.05, 4.69) is 5.32 Å². The molecule has 1 amide bonds. The Hall–Kier alpha value is -2.40. The molecule has 0 spiro atoms. The van der Waals surface area contributed by atoms with Crippen LogP contribution in [0.1, 0.15) is 11.1 Å². The SMILES string of the molecule is COc1cc(OC)c(CNC(=O)Cc2ccc(Cl)cc2)c(OC)c1. The number of carbonyl (C=O) groups is 1. The van der Waals surface area contributed by atoms with Gasteiger partial charge in [0, 0.05) is 17.2 Å². The van der Waals surface area contributed by atoms with Crippen molar-refractivity contribution in [1.29, 1.82) is 0 Å². The monoisotopic (exact) mass is 349 g/mol. The normalized spacial score (nSPS) is 10.2. The number of hydrogen-bond donors (Lipinski definition) is 1. The zero-order valence-electron chi connectivity index (χ0n) is 13.9. The number of nitrogens with one attached hydrogen (secondary N) is 1. The number of carbonyl (C=O) groups excluding carboxylic acids is 1. The summed E-state index contributed by atoms with van der Waals surface area (Å²) in [4.78, 5) is 12.1. The Morgan fingerprint density at radius 1 is 1.00 bits per heavy atom. The van der Waals surface area contributed by atoms with Gasteiger partial charge in [-0.05, 0) is 17.7 Å². The van der Waals surface area contributed by atoms with Crippen LogP contribution >= 0.6 is 11.6 Å². The molecule has 0 bridgehead atoms. The molecule has 24 heavy (non-hydrogen) atoms. The van der Waals surface area contributed by atoms with Crippen LogP contribution < -0.4 is 19.5 Å². The number of amides is 1. The Bertz CT molecular complexity index is 676. The standard InChI is InChI=1S/C18H20ClNO4/c1-22-14-9-16(23-2)15(17(10-14)24-3)11-20-18(21)8-12-4-6-13(19)7-5-12/h4-7,9-10H,8,11H2,1-3H3,(H,20,21). The molecule has 6 heteroatoms. The molecule has 0 fully saturated rings. The van der Waals surface area contributed by atoms with Gasteiger partial charge in [0.05, 0.1) is 39.9 Å². The van der Waals surface area contributed by atoms with Gasteiger partial charge in [0.25, 0.3) is 0 Å². The third-order valence-corrected chi connectivity index (χ3v) is 3.81. The van der Waals surface area contributed by atoms with E-state index >= 15 is 0 Å². The maximum absolute atomic E-state index is 12.1. The highest BCUT2D eigenvalue weighted by atomic mass is 35.5. The quantitative estimate of drug-likeness (QED) is 0.833. The molecule has 1 N–H and O–H groups in total. The van der Waals surface area contributed by atoms with Crippen molar-refractivity contribution in [2.24, 2.45) is 0 Å². The first-order chi connectivity index (χ1) is 11.6. The first-order valence-electron chi connectivity index (χ1n) is 7.37. The molecule has 0 atom stereocenters. The highest BCUT2D eigenvalue weighted by Crippen LogP contribution is 2.33. The first kappa shape index (κ1) is 17.9. The Morgan fingerprint density at radius 3 is 2.08 bits per heavy atom. The topological polar surface area (TPSA) is 56.8 Å². The molecule has 2 rings (SSSR count). The number of methoxy groups -OCH3 is 3. The maximum Gasteiger partial charge on any atom is 0.224 e. The average molecular weight is 350 g/mol. The highest BCUT2D eigenvalue weighted by Gasteiger charge is 2.14. The van der Waals surface area contributed by atoms with E-state index in [1.807, 2.05) is 12.1 Å². The molecular weight excluding hydrogens is 330 g/mol. The Kier molecular flexibility index (Phi) is 6.32. The Morgan fingerprint density at radius 2 is 1.58 bits per heavy atom. The molecule has 0 aliphatic rings. The summed E-state index contributed by atoms with van der Waals surface area (Å²) in [6.07, 6.45) is 0.276. The van der Waals surface area contributed by atoms with Gasteiger partial charge in [0.2, 0.25) is 5.91 Å². The van der Waals surface area contributed by atoms with E-state index in [0.29, 0.717) is 28.8 Å². The maximum atomic E-state index is 12.1. The van der Waals surface area contributed by atoms with E-state index in [1.54, 1.807) is 45.6 Å². The number of halogens is 1. The summed E-state index contributed by atoms with van der Waals surface area (Å²) in [5, 5.41) is 3.52. The van der Waals surface area contributed by atoms with Gasteiger partial charge >= 0.3 is 0 Å². The van der Waals surface area contributed by atoms with Crippen molar-refractivity contribution in [3.8, 4) is 17.2 Å². The minimum Gasteiger partial charge on any atom is -0.496 e. The zero-order chi connectivity index (χ0) is 17.5. The summed E-state index contributed by atoms with van der Waals surface area (Å²) in [5.74, 6) is 1.72. The molecule has 5 nitrogen and oxygen atoms in total. The predicted octanol–water partition coefficient (Wildman–Crippen LogP) is 3.22. The molecule has 0 aromatic heterocycles. The number of hydrogen-bond acceptors (Lipinski definition) is 4. The lowest BCUT2D eigenvalue weighted by atomic mass is 10.1. The van der Waals surface area contributed by atoms with Gasteiger partial charge in [-0.2, -0.15) is 0 Å². The van der Waals surface area contributed by atoms with E-state index < -0.39 is 0 Å². The number of benzene rings is 2. The van der Waals surface area contributed by atoms with Crippen molar-refractivity contribution in [3.63, 3.8) is 0 Å². The van der Waals surface area contributed by atoms with Gasteiger partial charge in [-0.25, -0.2) is 0 Å². The largest absolute Gasteiger partial charge is 0.496 e. The predicted molar refractivity (Wildman–Crippen MR) is 93.1 cm³/mol. The lowest BCUT2D eigenvalue weighted by Crippen LogP contribution is -2.25. The summed E-state index contributed by atoms with van der Waals surface area (Å²) in [6.45, 7) is 0.294. The second-order valence-electron chi connectivity index (χ2n) is 5.09. The fraction of sp³-hybridized carbons (Fsp3) is 0.278. The number of rotatable bonds is 7. The molecule has 2 aromatic rings. The summed E-state index contributed by atoms with van der Waals surface area (Å²) in [6, 6.07) is 10.7. The van der Waals surface area contributed by atoms with Gasteiger partial charge in [0.1, 0.15) is 17.2 Å². The fourth-order valence-corrected chi connectivity index (χ4v) is 2.42. The van der Waals surface area contributed by atoms with E-state index in [1.165, 1.54) is 0 Å². The molecule has 0 unspecified atom stereocenters. The van der Waals surface area contributed by atoms with Crippen LogP contribution in [0.25, 0.3) is 0 Å². The first-order valence-corrected chi connectivity index (χ1v) is 7.75. The van der Waals surface area contributed by atoms with Crippen LogP contribution in [0.5, 0.6) is 17.2 Å². The van der Waals surface area contributed by atoms with Gasteiger partial charge < -0.3 is 19.5 Å². The molecule has 0 aliphatic heterocycles. The lowest BCUT2D eigenvalue weighted by Gasteiger charge is -2.15. The van der Waals surface area contributed by atoms with Gasteiger partial charge in [-0.1, -0.05) is 23.7 Å². The van der Waals surface area contributed by atoms with Crippen LogP contribution in [-0.2, 0) is 17.8 Å². The van der Waals surface area contributed by atoms with Gasteiger partial charge in [-0.3, -0.25) is 4.79 Å². The van der Waals surface area contributed by atoms with Crippen LogP contribution in [0, 0.1) is 0 Å². The van der Waals surface area contributed by atoms with Crippen LogP contribution in [0.4, 0.5) is 0 Å². The van der Waals surface area contributed by atoms with Crippen LogP contribution in [0.2, 0.25) is 5.02 Å². The van der Waals surface area contributed by atoms with Gasteiger partial charge in [-0.15, -0.1) is 0 Å². The van der Waals surface area contributed by atoms with Gasteiger partial charge in [0.15, 0.2) is 0 Å². The van der Waals surface area contributed by atoms with Crippen LogP contribution in [0.15, 0.2) is 36.4 Å². The second kappa shape index (κ2) is 8.45. The summed E-state index contributed by atoms with van der Waals surface area (Å²) in [5.41, 5.74) is 1.65. The Labute approximate surface area is 146 Å². The molecule has 128 valence electrons. The van der Waals surface area contributed by atoms with Crippen molar-refractivity contribution in [1.82, 2.24) is 5.32 Å².